The minimum absolute atomic E-state index is 0. The number of aryl methyl sites for hydroxylation is 1. The van der Waals surface area contributed by atoms with E-state index in [4.69, 9.17) is 4.98 Å². The Labute approximate surface area is 367 Å². The number of carbonyl (C=O) groups is 1. The van der Waals surface area contributed by atoms with Crippen LogP contribution in [0.4, 0.5) is 0 Å². The molecule has 0 fully saturated rings. The molecule has 3 aromatic heterocycles. The number of aliphatic hydroxyl groups excluding tert-OH is 1. The number of hydrogen-bond acceptors (Lipinski definition) is 5. The Kier molecular flexibility index (Phi) is 14.7. The van der Waals surface area contributed by atoms with Crippen molar-refractivity contribution in [3.63, 3.8) is 0 Å². The molecule has 1 aliphatic carbocycles. The molecular weight excluding hydrogens is 909 g/mol. The van der Waals surface area contributed by atoms with Crippen molar-refractivity contribution in [1.29, 1.82) is 0 Å². The summed E-state index contributed by atoms with van der Waals surface area (Å²) in [4.78, 5) is 23.4. The van der Waals surface area contributed by atoms with Crippen molar-refractivity contribution in [2.75, 3.05) is 0 Å². The predicted octanol–water partition coefficient (Wildman–Crippen LogP) is 15.1. The SMILES string of the molecule is CC1=CC(C)(C)c2nc(-c3[c-]c4ccncc4c(C(C)(C)C)c3)cc(-c3ccc4c(CC(C)C)c(C)sc4c3)c21.CCC(C)(CC)C(=O)/C=C(\O)C(C)(CC)CC.[Ir]. The van der Waals surface area contributed by atoms with Crippen molar-refractivity contribution in [3.05, 3.63) is 100 Å². The van der Waals surface area contributed by atoms with Crippen LogP contribution in [0.15, 0.2) is 66.7 Å². The van der Waals surface area contributed by atoms with Crippen molar-refractivity contribution in [2.45, 2.75) is 147 Å². The summed E-state index contributed by atoms with van der Waals surface area (Å²) in [6.07, 6.45) is 12.1. The summed E-state index contributed by atoms with van der Waals surface area (Å²) in [6.45, 7) is 32.6. The van der Waals surface area contributed by atoms with Crippen LogP contribution in [-0.2, 0) is 42.2 Å². The first-order valence-electron chi connectivity index (χ1n) is 21.2. The van der Waals surface area contributed by atoms with E-state index >= 15 is 0 Å². The van der Waals surface area contributed by atoms with Crippen LogP contribution in [0.3, 0.4) is 0 Å². The van der Waals surface area contributed by atoms with Crippen LogP contribution in [-0.4, -0.2) is 20.9 Å². The molecule has 1 N–H and O–H groups in total. The summed E-state index contributed by atoms with van der Waals surface area (Å²) >= 11 is 1.93. The Bertz CT molecular complexity index is 2340. The molecule has 0 atom stereocenters. The number of fused-ring (bicyclic) bond motifs is 3. The number of aliphatic hydroxyl groups is 1. The number of ketones is 1. The van der Waals surface area contributed by atoms with Crippen LogP contribution < -0.4 is 0 Å². The predicted molar refractivity (Wildman–Crippen MR) is 246 cm³/mol. The van der Waals surface area contributed by atoms with Gasteiger partial charge in [0.1, 0.15) is 5.76 Å². The summed E-state index contributed by atoms with van der Waals surface area (Å²) in [5, 5.41) is 13.8. The maximum absolute atomic E-state index is 12.2. The number of pyridine rings is 2. The van der Waals surface area contributed by atoms with Gasteiger partial charge in [-0.3, -0.25) is 14.8 Å². The minimum atomic E-state index is -0.337. The van der Waals surface area contributed by atoms with E-state index < -0.39 is 0 Å². The molecule has 0 unspecified atom stereocenters. The fraction of sp³-hybridized carbons (Fsp3) is 0.481. The van der Waals surface area contributed by atoms with Crippen molar-refractivity contribution < 1.29 is 30.0 Å². The molecule has 58 heavy (non-hydrogen) atoms. The average molecular weight is 976 g/mol. The monoisotopic (exact) mass is 976 g/mol. The van der Waals surface area contributed by atoms with Gasteiger partial charge in [0.2, 0.25) is 0 Å². The third-order valence-electron chi connectivity index (χ3n) is 12.9. The van der Waals surface area contributed by atoms with Gasteiger partial charge in [-0.1, -0.05) is 131 Å². The summed E-state index contributed by atoms with van der Waals surface area (Å²) in [5.41, 5.74) is 10.3. The standard InChI is InChI=1S/C37H39N2S.C15H28O2.Ir/c1-21(2)14-28-23(4)40-33-17-24(10-11-27(28)33)29-18-32(39-35-34(29)22(3)19-37(35,8)9)26-15-25-12-13-38-20-30(25)31(16-26)36(5,6)7;1-7-14(5,8-2)12(16)11-13(17)15(6,9-3)10-4;/h10-13,16-21H,14H2,1-9H3;11,16H,7-10H2,1-6H3;/q-1;;/b;12-11-;. The molecule has 3 heterocycles. The average Bonchev–Trinajstić information content (AvgIpc) is 3.61. The van der Waals surface area contributed by atoms with Crippen LogP contribution >= 0.6 is 11.3 Å². The largest absolute Gasteiger partial charge is 0.512 e. The van der Waals surface area contributed by atoms with Gasteiger partial charge < -0.3 is 5.11 Å². The summed E-state index contributed by atoms with van der Waals surface area (Å²) < 4.78 is 1.37. The van der Waals surface area contributed by atoms with Gasteiger partial charge in [0.25, 0.3) is 0 Å². The molecule has 0 saturated heterocycles. The van der Waals surface area contributed by atoms with E-state index in [1.807, 2.05) is 65.3 Å². The molecule has 313 valence electrons. The molecule has 0 spiro atoms. The second-order valence-corrected chi connectivity index (χ2v) is 20.2. The molecule has 1 radical (unpaired) electrons. The van der Waals surface area contributed by atoms with Crippen molar-refractivity contribution in [2.24, 2.45) is 16.7 Å². The number of aromatic nitrogens is 2. The Morgan fingerprint density at radius 2 is 1.55 bits per heavy atom. The number of benzene rings is 2. The van der Waals surface area contributed by atoms with Crippen LogP contribution in [0, 0.1) is 29.7 Å². The second kappa shape index (κ2) is 18.0. The van der Waals surface area contributed by atoms with E-state index in [9.17, 15) is 9.90 Å². The normalized spacial score (nSPS) is 14.3. The van der Waals surface area contributed by atoms with E-state index in [-0.39, 0.29) is 53.3 Å². The van der Waals surface area contributed by atoms with Crippen LogP contribution in [0.1, 0.15) is 150 Å². The van der Waals surface area contributed by atoms with Gasteiger partial charge in [-0.2, -0.15) is 0 Å². The molecular formula is C52H67IrN2O2S-. The first-order chi connectivity index (χ1) is 26.6. The van der Waals surface area contributed by atoms with E-state index in [0.717, 1.165) is 59.8 Å². The Morgan fingerprint density at radius 1 is 0.914 bits per heavy atom. The van der Waals surface area contributed by atoms with Gasteiger partial charge in [-0.25, -0.2) is 0 Å². The van der Waals surface area contributed by atoms with E-state index in [0.29, 0.717) is 5.92 Å². The van der Waals surface area contributed by atoms with Gasteiger partial charge in [0.05, 0.1) is 0 Å². The molecule has 1 aliphatic rings. The molecule has 4 nitrogen and oxygen atoms in total. The van der Waals surface area contributed by atoms with Gasteiger partial charge in [0, 0.05) is 75.2 Å². The number of allylic oxidation sites excluding steroid dienone is 4. The van der Waals surface area contributed by atoms with Gasteiger partial charge in [-0.05, 0) is 97.2 Å². The molecule has 0 aliphatic heterocycles. The Balaban J connectivity index is 0.000000353. The molecule has 6 rings (SSSR count). The quantitative estimate of drug-likeness (QED) is 0.0814. The topological polar surface area (TPSA) is 63.1 Å². The Morgan fingerprint density at radius 3 is 2.14 bits per heavy atom. The molecule has 2 aromatic carbocycles. The summed E-state index contributed by atoms with van der Waals surface area (Å²) in [5.74, 6) is 0.929. The number of rotatable bonds is 11. The first kappa shape index (κ1) is 47.2. The van der Waals surface area contributed by atoms with E-state index in [2.05, 4.69) is 116 Å². The molecule has 0 saturated carbocycles. The maximum Gasteiger partial charge on any atom is 0.164 e. The summed E-state index contributed by atoms with van der Waals surface area (Å²) in [7, 11) is 0. The molecule has 0 amide bonds. The van der Waals surface area contributed by atoms with E-state index in [1.165, 1.54) is 54.4 Å². The van der Waals surface area contributed by atoms with Crippen molar-refractivity contribution in [3.8, 4) is 22.4 Å². The van der Waals surface area contributed by atoms with Crippen molar-refractivity contribution in [1.82, 2.24) is 9.97 Å². The van der Waals surface area contributed by atoms with Gasteiger partial charge in [-0.15, -0.1) is 34.9 Å². The van der Waals surface area contributed by atoms with Gasteiger partial charge >= 0.3 is 0 Å². The Hall–Kier alpha value is -3.44. The number of nitrogens with zero attached hydrogens (tertiary/aromatic N) is 2. The molecule has 6 heteroatoms. The first-order valence-corrected chi connectivity index (χ1v) is 22.0. The zero-order valence-corrected chi connectivity index (χ0v) is 41.1. The fourth-order valence-electron chi connectivity index (χ4n) is 8.12. The minimum Gasteiger partial charge on any atom is -0.512 e. The number of hydrogen-bond donors (Lipinski definition) is 1. The van der Waals surface area contributed by atoms with Crippen LogP contribution in [0.5, 0.6) is 0 Å². The fourth-order valence-corrected chi connectivity index (χ4v) is 9.26. The van der Waals surface area contributed by atoms with E-state index in [1.54, 1.807) is 0 Å². The smallest absolute Gasteiger partial charge is 0.164 e. The molecule has 0 bridgehead atoms. The van der Waals surface area contributed by atoms with Crippen LogP contribution in [0.2, 0.25) is 0 Å². The third kappa shape index (κ3) is 9.46. The third-order valence-corrected chi connectivity index (χ3v) is 14.0. The second-order valence-electron chi connectivity index (χ2n) is 19.0. The maximum atomic E-state index is 12.2. The zero-order chi connectivity index (χ0) is 42.2. The summed E-state index contributed by atoms with van der Waals surface area (Å²) in [6, 6.07) is 17.5. The molecule has 5 aromatic rings. The van der Waals surface area contributed by atoms with Crippen molar-refractivity contribution >= 4 is 43.6 Å². The van der Waals surface area contributed by atoms with Gasteiger partial charge in [0.15, 0.2) is 5.78 Å². The number of thiophene rings is 1. The zero-order valence-electron chi connectivity index (χ0n) is 37.9. The van der Waals surface area contributed by atoms with Crippen LogP contribution in [0.25, 0.3) is 48.8 Å². The number of carbonyl (C=O) groups excluding carboxylic acids is 1.